The summed E-state index contributed by atoms with van der Waals surface area (Å²) < 4.78 is 7.14. The molecule has 0 atom stereocenters. The van der Waals surface area contributed by atoms with E-state index in [9.17, 15) is 4.79 Å². The summed E-state index contributed by atoms with van der Waals surface area (Å²) >= 11 is 0. The second-order valence-electron chi connectivity index (χ2n) is 3.57. The molecule has 0 unspecified atom stereocenters. The standard InChI is InChI=1S/C12H13N3O2/c1-15-7-13-6-11(15)9-3-4-10(14-8-16)12(5-9)17-2/h3-8H,1-2H3,(H,14,16). The van der Waals surface area contributed by atoms with Crippen molar-refractivity contribution in [3.05, 3.63) is 30.7 Å². The monoisotopic (exact) mass is 231 g/mol. The molecule has 5 nitrogen and oxygen atoms in total. The molecule has 88 valence electrons. The van der Waals surface area contributed by atoms with Crippen molar-refractivity contribution in [2.24, 2.45) is 7.05 Å². The topological polar surface area (TPSA) is 56.1 Å². The van der Waals surface area contributed by atoms with Gasteiger partial charge < -0.3 is 14.6 Å². The van der Waals surface area contributed by atoms with Gasteiger partial charge in [-0.1, -0.05) is 6.07 Å². The Labute approximate surface area is 99.0 Å². The normalized spacial score (nSPS) is 10.0. The van der Waals surface area contributed by atoms with Gasteiger partial charge in [0.1, 0.15) is 5.75 Å². The van der Waals surface area contributed by atoms with Crippen LogP contribution in [0.15, 0.2) is 30.7 Å². The number of methoxy groups -OCH3 is 1. The predicted octanol–water partition coefficient (Wildman–Crippen LogP) is 1.66. The summed E-state index contributed by atoms with van der Waals surface area (Å²) in [6.45, 7) is 0. The SMILES string of the molecule is COc1cc(-c2cncn2C)ccc1NC=O. The van der Waals surface area contributed by atoms with Gasteiger partial charge in [-0.2, -0.15) is 0 Å². The number of carbonyl (C=O) groups excluding carboxylic acids is 1. The highest BCUT2D eigenvalue weighted by Crippen LogP contribution is 2.29. The van der Waals surface area contributed by atoms with Crippen molar-refractivity contribution in [3.8, 4) is 17.0 Å². The third-order valence-corrected chi connectivity index (χ3v) is 2.53. The minimum Gasteiger partial charge on any atom is -0.495 e. The van der Waals surface area contributed by atoms with Crippen LogP contribution in [0.5, 0.6) is 5.75 Å². The number of rotatable bonds is 4. The number of amides is 1. The molecule has 0 aliphatic heterocycles. The molecule has 1 N–H and O–H groups in total. The molecule has 1 amide bonds. The number of nitrogens with one attached hydrogen (secondary N) is 1. The largest absolute Gasteiger partial charge is 0.495 e. The smallest absolute Gasteiger partial charge is 0.211 e. The van der Waals surface area contributed by atoms with Crippen molar-refractivity contribution in [2.45, 2.75) is 0 Å². The van der Waals surface area contributed by atoms with Crippen LogP contribution >= 0.6 is 0 Å². The summed E-state index contributed by atoms with van der Waals surface area (Å²) in [5.41, 5.74) is 2.62. The fourth-order valence-corrected chi connectivity index (χ4v) is 1.67. The van der Waals surface area contributed by atoms with E-state index in [1.165, 1.54) is 0 Å². The molecule has 5 heteroatoms. The van der Waals surface area contributed by atoms with Crippen molar-refractivity contribution < 1.29 is 9.53 Å². The Bertz CT molecular complexity index is 534. The number of anilines is 1. The molecular weight excluding hydrogens is 218 g/mol. The van der Waals surface area contributed by atoms with Crippen LogP contribution in [0.2, 0.25) is 0 Å². The van der Waals surface area contributed by atoms with Gasteiger partial charge in [0.15, 0.2) is 0 Å². The number of benzene rings is 1. The summed E-state index contributed by atoms with van der Waals surface area (Å²) in [4.78, 5) is 14.5. The second-order valence-corrected chi connectivity index (χ2v) is 3.57. The number of hydrogen-bond acceptors (Lipinski definition) is 3. The number of ether oxygens (including phenoxy) is 1. The van der Waals surface area contributed by atoms with Crippen LogP contribution in [0.4, 0.5) is 5.69 Å². The zero-order chi connectivity index (χ0) is 12.3. The minimum atomic E-state index is 0.621. The number of hydrogen-bond donors (Lipinski definition) is 1. The molecular formula is C12H13N3O2. The van der Waals surface area contributed by atoms with Crippen molar-refractivity contribution >= 4 is 12.1 Å². The Morgan fingerprint density at radius 1 is 1.47 bits per heavy atom. The van der Waals surface area contributed by atoms with Crippen LogP contribution in [-0.4, -0.2) is 23.1 Å². The van der Waals surface area contributed by atoms with E-state index in [1.54, 1.807) is 25.7 Å². The maximum Gasteiger partial charge on any atom is 0.211 e. The maximum absolute atomic E-state index is 10.4. The lowest BCUT2D eigenvalue weighted by Crippen LogP contribution is -1.98. The van der Waals surface area contributed by atoms with Crippen molar-refractivity contribution in [1.82, 2.24) is 9.55 Å². The Hall–Kier alpha value is -2.30. The molecule has 0 aliphatic carbocycles. The van der Waals surface area contributed by atoms with Gasteiger partial charge in [0.2, 0.25) is 6.41 Å². The van der Waals surface area contributed by atoms with Crippen molar-refractivity contribution in [1.29, 1.82) is 0 Å². The van der Waals surface area contributed by atoms with Crippen LogP contribution < -0.4 is 10.1 Å². The van der Waals surface area contributed by atoms with Crippen LogP contribution in [0.25, 0.3) is 11.3 Å². The average Bonchev–Trinajstić information content (AvgIpc) is 2.76. The predicted molar refractivity (Wildman–Crippen MR) is 64.9 cm³/mol. The van der Waals surface area contributed by atoms with Gasteiger partial charge >= 0.3 is 0 Å². The molecule has 0 bridgehead atoms. The van der Waals surface area contributed by atoms with Gasteiger partial charge in [-0.3, -0.25) is 4.79 Å². The van der Waals surface area contributed by atoms with E-state index in [0.717, 1.165) is 11.3 Å². The van der Waals surface area contributed by atoms with Crippen LogP contribution in [0, 0.1) is 0 Å². The summed E-state index contributed by atoms with van der Waals surface area (Å²) in [6.07, 6.45) is 4.14. The minimum absolute atomic E-state index is 0.621. The van der Waals surface area contributed by atoms with Gasteiger partial charge in [-0.15, -0.1) is 0 Å². The zero-order valence-corrected chi connectivity index (χ0v) is 9.68. The molecule has 1 aromatic carbocycles. The Kier molecular flexibility index (Phi) is 3.09. The van der Waals surface area contributed by atoms with E-state index >= 15 is 0 Å². The Morgan fingerprint density at radius 3 is 2.88 bits per heavy atom. The lowest BCUT2D eigenvalue weighted by molar-refractivity contribution is -0.105. The molecule has 1 aromatic heterocycles. The highest BCUT2D eigenvalue weighted by atomic mass is 16.5. The lowest BCUT2D eigenvalue weighted by atomic mass is 10.1. The van der Waals surface area contributed by atoms with Gasteiger partial charge in [-0.25, -0.2) is 4.98 Å². The molecule has 1 heterocycles. The van der Waals surface area contributed by atoms with E-state index in [1.807, 2.05) is 23.7 Å². The summed E-state index contributed by atoms with van der Waals surface area (Å²) in [6, 6.07) is 5.57. The highest BCUT2D eigenvalue weighted by molar-refractivity contribution is 5.78. The highest BCUT2D eigenvalue weighted by Gasteiger charge is 2.07. The van der Waals surface area contributed by atoms with Crippen molar-refractivity contribution in [3.63, 3.8) is 0 Å². The fourth-order valence-electron chi connectivity index (χ4n) is 1.67. The molecule has 0 aliphatic rings. The quantitative estimate of drug-likeness (QED) is 0.814. The van der Waals surface area contributed by atoms with E-state index in [-0.39, 0.29) is 0 Å². The lowest BCUT2D eigenvalue weighted by Gasteiger charge is -2.09. The molecule has 0 spiro atoms. The second kappa shape index (κ2) is 4.69. The Balaban J connectivity index is 2.44. The van der Waals surface area contributed by atoms with Crippen LogP contribution in [0.3, 0.4) is 0 Å². The number of nitrogens with zero attached hydrogens (tertiary/aromatic N) is 2. The van der Waals surface area contributed by atoms with E-state index in [2.05, 4.69) is 10.3 Å². The summed E-state index contributed by atoms with van der Waals surface area (Å²) in [5, 5.41) is 2.59. The fraction of sp³-hybridized carbons (Fsp3) is 0.167. The van der Waals surface area contributed by atoms with Crippen LogP contribution in [-0.2, 0) is 11.8 Å². The molecule has 17 heavy (non-hydrogen) atoms. The first-order chi connectivity index (χ1) is 8.26. The van der Waals surface area contributed by atoms with Gasteiger partial charge in [0.25, 0.3) is 0 Å². The molecule has 2 aromatic rings. The van der Waals surface area contributed by atoms with Gasteiger partial charge in [0, 0.05) is 12.6 Å². The maximum atomic E-state index is 10.4. The molecule has 0 saturated carbocycles. The third kappa shape index (κ3) is 2.13. The van der Waals surface area contributed by atoms with Crippen molar-refractivity contribution in [2.75, 3.05) is 12.4 Å². The number of imidazole rings is 1. The van der Waals surface area contributed by atoms with E-state index in [0.29, 0.717) is 17.8 Å². The molecule has 0 fully saturated rings. The van der Waals surface area contributed by atoms with Crippen LogP contribution in [0.1, 0.15) is 0 Å². The first-order valence-electron chi connectivity index (χ1n) is 5.11. The number of aromatic nitrogens is 2. The first kappa shape index (κ1) is 11.2. The average molecular weight is 231 g/mol. The third-order valence-electron chi connectivity index (χ3n) is 2.53. The number of aryl methyl sites for hydroxylation is 1. The van der Waals surface area contributed by atoms with E-state index < -0.39 is 0 Å². The Morgan fingerprint density at radius 2 is 2.29 bits per heavy atom. The summed E-state index contributed by atoms with van der Waals surface area (Å²) in [5.74, 6) is 0.621. The molecule has 2 rings (SSSR count). The molecule has 0 radical (unpaired) electrons. The molecule has 0 saturated heterocycles. The van der Waals surface area contributed by atoms with E-state index in [4.69, 9.17) is 4.74 Å². The van der Waals surface area contributed by atoms with Gasteiger partial charge in [-0.05, 0) is 12.1 Å². The van der Waals surface area contributed by atoms with Gasteiger partial charge in [0.05, 0.1) is 31.0 Å². The summed E-state index contributed by atoms with van der Waals surface area (Å²) in [7, 11) is 3.49. The number of carbonyl (C=O) groups is 1. The first-order valence-corrected chi connectivity index (χ1v) is 5.11. The zero-order valence-electron chi connectivity index (χ0n) is 9.68.